The monoisotopic (exact) mass is 256 g/mol. The van der Waals surface area contributed by atoms with Gasteiger partial charge in [-0.1, -0.05) is 6.07 Å². The average Bonchev–Trinajstić information content (AvgIpc) is 2.39. The van der Waals surface area contributed by atoms with Crippen LogP contribution in [0.4, 0.5) is 17.2 Å². The first-order valence-electron chi connectivity index (χ1n) is 5.91. The summed E-state index contributed by atoms with van der Waals surface area (Å²) in [5.74, 6) is 0.615. The van der Waals surface area contributed by atoms with Gasteiger partial charge >= 0.3 is 0 Å². The van der Waals surface area contributed by atoms with Crippen molar-refractivity contribution in [2.75, 3.05) is 19.0 Å². The number of hydrogen-bond donors (Lipinski definition) is 1. The fourth-order valence-corrected chi connectivity index (χ4v) is 1.50. The molecular weight excluding hydrogens is 240 g/mol. The number of aromatic hydroxyl groups is 1. The molecule has 0 aliphatic carbocycles. The Balaban J connectivity index is 2.21. The summed E-state index contributed by atoms with van der Waals surface area (Å²) in [4.78, 5) is 6.02. The smallest absolute Gasteiger partial charge is 0.174 e. The van der Waals surface area contributed by atoms with Gasteiger partial charge in [0.1, 0.15) is 11.4 Å². The zero-order valence-corrected chi connectivity index (χ0v) is 11.2. The van der Waals surface area contributed by atoms with Gasteiger partial charge in [-0.15, -0.1) is 10.2 Å². The Labute approximate surface area is 112 Å². The van der Waals surface area contributed by atoms with E-state index in [-0.39, 0.29) is 5.75 Å². The maximum Gasteiger partial charge on any atom is 0.174 e. The molecule has 0 atom stereocenters. The van der Waals surface area contributed by atoms with Crippen LogP contribution in [0.25, 0.3) is 0 Å². The van der Waals surface area contributed by atoms with Crippen LogP contribution in [0, 0.1) is 6.92 Å². The molecule has 0 spiro atoms. The number of hydrogen-bond acceptors (Lipinski definition) is 5. The standard InChI is InChI=1S/C14H16N4O/c1-10-4-7-14(15-9-10)17-16-12-6-5-11(18(2)3)8-13(12)19/h4-9,19H,1-3H3/b17-16+. The van der Waals surface area contributed by atoms with Crippen molar-refractivity contribution in [2.24, 2.45) is 10.2 Å². The highest BCUT2D eigenvalue weighted by Crippen LogP contribution is 2.31. The van der Waals surface area contributed by atoms with Gasteiger partial charge in [-0.2, -0.15) is 0 Å². The van der Waals surface area contributed by atoms with Crippen LogP contribution in [0.15, 0.2) is 46.8 Å². The Morgan fingerprint density at radius 1 is 1.11 bits per heavy atom. The number of nitrogens with zero attached hydrogens (tertiary/aromatic N) is 4. The fraction of sp³-hybridized carbons (Fsp3) is 0.214. The quantitative estimate of drug-likeness (QED) is 0.854. The van der Waals surface area contributed by atoms with Gasteiger partial charge in [-0.05, 0) is 30.7 Å². The zero-order valence-electron chi connectivity index (χ0n) is 11.2. The molecule has 1 N–H and O–H groups in total. The van der Waals surface area contributed by atoms with Crippen molar-refractivity contribution < 1.29 is 5.11 Å². The van der Waals surface area contributed by atoms with Gasteiger partial charge < -0.3 is 10.0 Å². The minimum Gasteiger partial charge on any atom is -0.506 e. The van der Waals surface area contributed by atoms with Gasteiger partial charge in [0.15, 0.2) is 5.82 Å². The molecule has 0 bridgehead atoms. The maximum atomic E-state index is 9.86. The molecule has 2 aromatic rings. The van der Waals surface area contributed by atoms with Gasteiger partial charge in [-0.3, -0.25) is 0 Å². The van der Waals surface area contributed by atoms with E-state index in [4.69, 9.17) is 0 Å². The third-order valence-corrected chi connectivity index (χ3v) is 2.63. The van der Waals surface area contributed by atoms with Crippen LogP contribution in [0.5, 0.6) is 5.75 Å². The Morgan fingerprint density at radius 2 is 1.89 bits per heavy atom. The van der Waals surface area contributed by atoms with Crippen LogP contribution in [0.1, 0.15) is 5.56 Å². The van der Waals surface area contributed by atoms with E-state index in [9.17, 15) is 5.11 Å². The minimum absolute atomic E-state index is 0.0991. The molecule has 1 aromatic carbocycles. The lowest BCUT2D eigenvalue weighted by atomic mass is 10.2. The zero-order chi connectivity index (χ0) is 13.8. The van der Waals surface area contributed by atoms with Crippen molar-refractivity contribution in [1.82, 2.24) is 4.98 Å². The van der Waals surface area contributed by atoms with Crippen LogP contribution in [-0.2, 0) is 0 Å². The number of anilines is 1. The molecule has 1 aromatic heterocycles. The number of pyridine rings is 1. The Bertz CT molecular complexity index is 591. The number of aryl methyl sites for hydroxylation is 1. The third kappa shape index (κ3) is 3.28. The van der Waals surface area contributed by atoms with Gasteiger partial charge in [0, 0.05) is 32.0 Å². The van der Waals surface area contributed by atoms with E-state index in [1.807, 2.05) is 38.1 Å². The van der Waals surface area contributed by atoms with Crippen LogP contribution in [0.2, 0.25) is 0 Å². The van der Waals surface area contributed by atoms with Gasteiger partial charge in [0.25, 0.3) is 0 Å². The molecule has 0 fully saturated rings. The lowest BCUT2D eigenvalue weighted by Crippen LogP contribution is -2.07. The summed E-state index contributed by atoms with van der Waals surface area (Å²) < 4.78 is 0. The lowest BCUT2D eigenvalue weighted by Gasteiger charge is -2.12. The molecule has 19 heavy (non-hydrogen) atoms. The summed E-state index contributed by atoms with van der Waals surface area (Å²) in [6.07, 6.45) is 1.73. The Hall–Kier alpha value is -2.43. The second-order valence-corrected chi connectivity index (χ2v) is 4.46. The van der Waals surface area contributed by atoms with E-state index in [0.29, 0.717) is 11.5 Å². The van der Waals surface area contributed by atoms with Crippen LogP contribution < -0.4 is 4.90 Å². The van der Waals surface area contributed by atoms with E-state index >= 15 is 0 Å². The summed E-state index contributed by atoms with van der Waals surface area (Å²) in [6.45, 7) is 1.96. The van der Waals surface area contributed by atoms with Crippen molar-refractivity contribution in [3.63, 3.8) is 0 Å². The average molecular weight is 256 g/mol. The summed E-state index contributed by atoms with van der Waals surface area (Å²) in [7, 11) is 3.82. The third-order valence-electron chi connectivity index (χ3n) is 2.63. The van der Waals surface area contributed by atoms with Gasteiger partial charge in [-0.25, -0.2) is 4.98 Å². The normalized spacial score (nSPS) is 10.9. The summed E-state index contributed by atoms with van der Waals surface area (Å²) in [5.41, 5.74) is 2.40. The molecule has 0 saturated carbocycles. The lowest BCUT2D eigenvalue weighted by molar-refractivity contribution is 0.476. The Kier molecular flexibility index (Phi) is 3.75. The highest BCUT2D eigenvalue weighted by atomic mass is 16.3. The van der Waals surface area contributed by atoms with E-state index in [1.54, 1.807) is 24.4 Å². The number of aromatic nitrogens is 1. The molecule has 2 rings (SSSR count). The molecule has 5 nitrogen and oxygen atoms in total. The first kappa shape index (κ1) is 13.0. The molecule has 0 aliphatic rings. The number of benzene rings is 1. The summed E-state index contributed by atoms with van der Waals surface area (Å²) in [5, 5.41) is 17.9. The van der Waals surface area contributed by atoms with Crippen molar-refractivity contribution >= 4 is 17.2 Å². The molecule has 5 heteroatoms. The number of phenols is 1. The predicted octanol–water partition coefficient (Wildman–Crippen LogP) is 3.58. The van der Waals surface area contributed by atoms with Crippen molar-refractivity contribution in [2.45, 2.75) is 6.92 Å². The molecule has 98 valence electrons. The van der Waals surface area contributed by atoms with E-state index < -0.39 is 0 Å². The summed E-state index contributed by atoms with van der Waals surface area (Å²) >= 11 is 0. The maximum absolute atomic E-state index is 9.86. The SMILES string of the molecule is Cc1ccc(/N=N/c2ccc(N(C)C)cc2O)nc1. The van der Waals surface area contributed by atoms with Gasteiger partial charge in [0.2, 0.25) is 0 Å². The largest absolute Gasteiger partial charge is 0.506 e. The van der Waals surface area contributed by atoms with Gasteiger partial charge in [0.05, 0.1) is 0 Å². The van der Waals surface area contributed by atoms with Crippen LogP contribution in [0.3, 0.4) is 0 Å². The van der Waals surface area contributed by atoms with E-state index in [0.717, 1.165) is 11.3 Å². The molecular formula is C14H16N4O. The topological polar surface area (TPSA) is 61.1 Å². The molecule has 1 heterocycles. The molecule has 0 saturated heterocycles. The van der Waals surface area contributed by atoms with Crippen molar-refractivity contribution in [3.8, 4) is 5.75 Å². The highest BCUT2D eigenvalue weighted by Gasteiger charge is 2.03. The van der Waals surface area contributed by atoms with Crippen molar-refractivity contribution in [3.05, 3.63) is 42.1 Å². The fourth-order valence-electron chi connectivity index (χ4n) is 1.50. The van der Waals surface area contributed by atoms with E-state index in [2.05, 4.69) is 15.2 Å². The van der Waals surface area contributed by atoms with E-state index in [1.165, 1.54) is 0 Å². The van der Waals surface area contributed by atoms with Crippen LogP contribution >= 0.6 is 0 Å². The summed E-state index contributed by atoms with van der Waals surface area (Å²) in [6, 6.07) is 8.94. The minimum atomic E-state index is 0.0991. The van der Waals surface area contributed by atoms with Crippen LogP contribution in [-0.4, -0.2) is 24.2 Å². The second-order valence-electron chi connectivity index (χ2n) is 4.46. The molecule has 0 amide bonds. The first-order valence-corrected chi connectivity index (χ1v) is 5.91. The van der Waals surface area contributed by atoms with Crippen molar-refractivity contribution in [1.29, 1.82) is 0 Å². The molecule has 0 aliphatic heterocycles. The Morgan fingerprint density at radius 3 is 2.47 bits per heavy atom. The highest BCUT2D eigenvalue weighted by molar-refractivity contribution is 5.60. The number of rotatable bonds is 3. The second kappa shape index (κ2) is 5.48. The molecule has 0 unspecified atom stereocenters. The number of phenolic OH excluding ortho intramolecular Hbond substituents is 1. The predicted molar refractivity (Wildman–Crippen MR) is 75.6 cm³/mol. The molecule has 0 radical (unpaired) electrons. The number of azo groups is 1. The first-order chi connectivity index (χ1) is 9.06.